The second-order valence-corrected chi connectivity index (χ2v) is 6.70. The molecule has 1 heterocycles. The highest BCUT2D eigenvalue weighted by Gasteiger charge is 2.44. The van der Waals surface area contributed by atoms with E-state index in [0.717, 1.165) is 24.2 Å². The van der Waals surface area contributed by atoms with E-state index in [0.29, 0.717) is 13.0 Å². The summed E-state index contributed by atoms with van der Waals surface area (Å²) in [7, 11) is 1.63. The van der Waals surface area contributed by atoms with Crippen LogP contribution in [0.1, 0.15) is 50.6 Å². The lowest BCUT2D eigenvalue weighted by Gasteiger charge is -2.28. The Labute approximate surface area is 143 Å². The first-order valence-electron chi connectivity index (χ1n) is 8.87. The zero-order valence-electron chi connectivity index (χ0n) is 14.5. The maximum atomic E-state index is 12.8. The molecule has 24 heavy (non-hydrogen) atoms. The van der Waals surface area contributed by atoms with Crippen LogP contribution in [0.25, 0.3) is 0 Å². The van der Waals surface area contributed by atoms with Crippen LogP contribution in [0.3, 0.4) is 0 Å². The molecular formula is C19H26N2O3. The average Bonchev–Trinajstić information content (AvgIpc) is 3.22. The molecule has 1 aliphatic carbocycles. The monoisotopic (exact) mass is 330 g/mol. The van der Waals surface area contributed by atoms with Crippen molar-refractivity contribution in [1.82, 2.24) is 10.2 Å². The molecule has 0 spiro atoms. The Balaban J connectivity index is 1.82. The van der Waals surface area contributed by atoms with Crippen LogP contribution in [0, 0.1) is 5.92 Å². The molecule has 1 N–H and O–H groups in total. The number of likely N-dealkylation sites (tertiary alicyclic amines) is 1. The second kappa shape index (κ2) is 7.24. The fourth-order valence-electron chi connectivity index (χ4n) is 3.99. The van der Waals surface area contributed by atoms with Crippen molar-refractivity contribution in [3.8, 4) is 5.75 Å². The molecule has 5 heteroatoms. The molecule has 1 aliphatic heterocycles. The third-order valence-corrected chi connectivity index (χ3v) is 5.27. The van der Waals surface area contributed by atoms with Crippen LogP contribution in [0.2, 0.25) is 0 Å². The summed E-state index contributed by atoms with van der Waals surface area (Å²) in [5, 5.41) is 3.17. The molecule has 1 aromatic rings. The Morgan fingerprint density at radius 1 is 1.25 bits per heavy atom. The van der Waals surface area contributed by atoms with Crippen LogP contribution in [0.15, 0.2) is 24.3 Å². The number of ether oxygens (including phenoxy) is 1. The van der Waals surface area contributed by atoms with Gasteiger partial charge in [0.2, 0.25) is 11.8 Å². The zero-order chi connectivity index (χ0) is 17.1. The first-order valence-corrected chi connectivity index (χ1v) is 8.87. The molecule has 1 saturated heterocycles. The number of benzene rings is 1. The van der Waals surface area contributed by atoms with E-state index >= 15 is 0 Å². The predicted molar refractivity (Wildman–Crippen MR) is 91.6 cm³/mol. The lowest BCUT2D eigenvalue weighted by molar-refractivity contribution is -0.129. The predicted octanol–water partition coefficient (Wildman–Crippen LogP) is 2.66. The van der Waals surface area contributed by atoms with Gasteiger partial charge in [0.1, 0.15) is 5.75 Å². The number of carbonyl (C=O) groups excluding carboxylic acids is 2. The summed E-state index contributed by atoms with van der Waals surface area (Å²) in [6.45, 7) is 2.58. The molecule has 0 bridgehead atoms. The summed E-state index contributed by atoms with van der Waals surface area (Å²) in [6.07, 6.45) is 4.76. The molecule has 5 nitrogen and oxygen atoms in total. The maximum Gasteiger partial charge on any atom is 0.226 e. The van der Waals surface area contributed by atoms with Crippen LogP contribution in [0.4, 0.5) is 0 Å². The van der Waals surface area contributed by atoms with Crippen LogP contribution in [-0.2, 0) is 9.59 Å². The van der Waals surface area contributed by atoms with Crippen molar-refractivity contribution in [3.63, 3.8) is 0 Å². The Morgan fingerprint density at radius 3 is 2.50 bits per heavy atom. The molecular weight excluding hydrogens is 304 g/mol. The van der Waals surface area contributed by atoms with Crippen molar-refractivity contribution >= 4 is 11.8 Å². The SMILES string of the molecule is CCN1C(=O)C[C@@H](C(=O)NC2CCCC2)[C@@H]1c1ccc(OC)cc1. The van der Waals surface area contributed by atoms with E-state index in [9.17, 15) is 9.59 Å². The van der Waals surface area contributed by atoms with Gasteiger partial charge in [0.05, 0.1) is 19.1 Å². The van der Waals surface area contributed by atoms with Crippen molar-refractivity contribution in [2.24, 2.45) is 5.92 Å². The first-order chi connectivity index (χ1) is 11.6. The molecule has 2 amide bonds. The van der Waals surface area contributed by atoms with Crippen molar-refractivity contribution in [2.45, 2.75) is 51.1 Å². The van der Waals surface area contributed by atoms with Crippen molar-refractivity contribution in [1.29, 1.82) is 0 Å². The zero-order valence-corrected chi connectivity index (χ0v) is 14.5. The van der Waals surface area contributed by atoms with Gasteiger partial charge in [-0.2, -0.15) is 0 Å². The van der Waals surface area contributed by atoms with Gasteiger partial charge in [-0.05, 0) is 37.5 Å². The molecule has 2 atom stereocenters. The minimum absolute atomic E-state index is 0.0204. The summed E-state index contributed by atoms with van der Waals surface area (Å²) >= 11 is 0. The second-order valence-electron chi connectivity index (χ2n) is 6.70. The van der Waals surface area contributed by atoms with Gasteiger partial charge >= 0.3 is 0 Å². The Kier molecular flexibility index (Phi) is 5.07. The maximum absolute atomic E-state index is 12.8. The van der Waals surface area contributed by atoms with Gasteiger partial charge in [-0.3, -0.25) is 9.59 Å². The van der Waals surface area contributed by atoms with Crippen LogP contribution < -0.4 is 10.1 Å². The van der Waals surface area contributed by atoms with Gasteiger partial charge in [-0.1, -0.05) is 25.0 Å². The number of hydrogen-bond donors (Lipinski definition) is 1. The number of carbonyl (C=O) groups is 2. The van der Waals surface area contributed by atoms with Gasteiger partial charge in [-0.15, -0.1) is 0 Å². The number of nitrogens with zero attached hydrogens (tertiary/aromatic N) is 1. The fourth-order valence-corrected chi connectivity index (χ4v) is 3.99. The highest BCUT2D eigenvalue weighted by atomic mass is 16.5. The van der Waals surface area contributed by atoms with Crippen molar-refractivity contribution in [2.75, 3.05) is 13.7 Å². The lowest BCUT2D eigenvalue weighted by Crippen LogP contribution is -2.39. The topological polar surface area (TPSA) is 58.6 Å². The van der Waals surface area contributed by atoms with Crippen molar-refractivity contribution < 1.29 is 14.3 Å². The van der Waals surface area contributed by atoms with Gasteiger partial charge in [0.15, 0.2) is 0 Å². The van der Waals surface area contributed by atoms with Gasteiger partial charge in [0.25, 0.3) is 0 Å². The third kappa shape index (κ3) is 3.25. The average molecular weight is 330 g/mol. The number of nitrogens with one attached hydrogen (secondary N) is 1. The minimum atomic E-state index is -0.313. The first kappa shape index (κ1) is 16.8. The summed E-state index contributed by atoms with van der Waals surface area (Å²) in [4.78, 5) is 27.0. The summed E-state index contributed by atoms with van der Waals surface area (Å²) in [5.41, 5.74) is 0.995. The number of rotatable bonds is 5. The van der Waals surface area contributed by atoms with Crippen LogP contribution in [0.5, 0.6) is 5.75 Å². The molecule has 0 radical (unpaired) electrons. The van der Waals surface area contributed by atoms with Crippen LogP contribution >= 0.6 is 0 Å². The highest BCUT2D eigenvalue weighted by Crippen LogP contribution is 2.39. The largest absolute Gasteiger partial charge is 0.497 e. The van der Waals surface area contributed by atoms with Gasteiger partial charge in [-0.25, -0.2) is 0 Å². The van der Waals surface area contributed by atoms with Crippen molar-refractivity contribution in [3.05, 3.63) is 29.8 Å². The van der Waals surface area contributed by atoms with E-state index in [1.165, 1.54) is 12.8 Å². The van der Waals surface area contributed by atoms with E-state index in [4.69, 9.17) is 4.74 Å². The molecule has 0 aromatic heterocycles. The molecule has 0 unspecified atom stereocenters. The van der Waals surface area contributed by atoms with E-state index < -0.39 is 0 Å². The normalized spacial score (nSPS) is 24.4. The molecule has 2 aliphatic rings. The lowest BCUT2D eigenvalue weighted by atomic mass is 9.92. The van der Waals surface area contributed by atoms with E-state index in [-0.39, 0.29) is 29.8 Å². The number of amides is 2. The Morgan fingerprint density at radius 2 is 1.92 bits per heavy atom. The summed E-state index contributed by atoms with van der Waals surface area (Å²) < 4.78 is 5.21. The fraction of sp³-hybridized carbons (Fsp3) is 0.579. The molecule has 3 rings (SSSR count). The summed E-state index contributed by atoms with van der Waals surface area (Å²) in [6, 6.07) is 7.78. The quantitative estimate of drug-likeness (QED) is 0.903. The third-order valence-electron chi connectivity index (χ3n) is 5.27. The van der Waals surface area contributed by atoms with Crippen LogP contribution in [-0.4, -0.2) is 36.4 Å². The Bertz CT molecular complexity index is 593. The molecule has 1 saturated carbocycles. The smallest absolute Gasteiger partial charge is 0.226 e. The molecule has 130 valence electrons. The van der Waals surface area contributed by atoms with E-state index in [1.807, 2.05) is 36.1 Å². The molecule has 2 fully saturated rings. The Hall–Kier alpha value is -2.04. The van der Waals surface area contributed by atoms with E-state index in [1.54, 1.807) is 7.11 Å². The highest BCUT2D eigenvalue weighted by molar-refractivity contribution is 5.90. The van der Waals surface area contributed by atoms with Gasteiger partial charge in [0, 0.05) is 19.0 Å². The number of methoxy groups -OCH3 is 1. The minimum Gasteiger partial charge on any atom is -0.497 e. The van der Waals surface area contributed by atoms with Gasteiger partial charge < -0.3 is 15.0 Å². The van der Waals surface area contributed by atoms with E-state index in [2.05, 4.69) is 5.32 Å². The summed E-state index contributed by atoms with van der Waals surface area (Å²) in [5.74, 6) is 0.543. The number of hydrogen-bond acceptors (Lipinski definition) is 3. The molecule has 1 aromatic carbocycles. The standard InChI is InChI=1S/C19H26N2O3/c1-3-21-17(22)12-16(19(23)20-14-6-4-5-7-14)18(21)13-8-10-15(24-2)11-9-13/h8-11,14,16,18H,3-7,12H2,1-2H3,(H,20,23)/t16-,18+/m1/s1.